The second-order valence-corrected chi connectivity index (χ2v) is 6.66. The second-order valence-electron chi connectivity index (χ2n) is 6.66. The summed E-state index contributed by atoms with van der Waals surface area (Å²) in [7, 11) is 0. The number of benzene rings is 3. The van der Waals surface area contributed by atoms with Crippen LogP contribution in [0.4, 0.5) is 0 Å². The van der Waals surface area contributed by atoms with Crippen molar-refractivity contribution >= 4 is 32.6 Å². The highest BCUT2D eigenvalue weighted by molar-refractivity contribution is 5.94. The van der Waals surface area contributed by atoms with Crippen LogP contribution in [0.2, 0.25) is 0 Å². The Hall–Kier alpha value is -4.00. The summed E-state index contributed by atoms with van der Waals surface area (Å²) < 4.78 is 0.955. The molecule has 136 valence electrons. The molecule has 2 aromatic heterocycles. The molecule has 0 aliphatic carbocycles. The maximum Gasteiger partial charge on any atom is 0.266 e. The van der Waals surface area contributed by atoms with E-state index >= 15 is 0 Å². The molecule has 7 heteroatoms. The van der Waals surface area contributed by atoms with Crippen molar-refractivity contribution in [3.8, 4) is 0 Å². The Labute approximate surface area is 155 Å². The number of aromatic amines is 2. The number of H-pyrrole nitrogens is 2. The Bertz CT molecular complexity index is 1550. The third kappa shape index (κ3) is 2.16. The van der Waals surface area contributed by atoms with Gasteiger partial charge in [0.15, 0.2) is 0 Å². The average Bonchev–Trinajstić information content (AvgIpc) is 2.97. The Balaban J connectivity index is 1.79. The van der Waals surface area contributed by atoms with Crippen LogP contribution in [-0.4, -0.2) is 14.5 Å². The fraction of sp³-hybridized carbons (Fsp3) is 0.0476. The first-order valence-corrected chi connectivity index (χ1v) is 8.66. The van der Waals surface area contributed by atoms with Crippen LogP contribution in [0.25, 0.3) is 32.6 Å². The smallest absolute Gasteiger partial charge is 0.266 e. The molecule has 0 saturated carbocycles. The fourth-order valence-electron chi connectivity index (χ4n) is 3.66. The van der Waals surface area contributed by atoms with Crippen molar-refractivity contribution in [3.63, 3.8) is 0 Å². The average molecular weight is 371 g/mol. The Morgan fingerprint density at radius 3 is 1.89 bits per heavy atom. The van der Waals surface area contributed by atoms with Crippen molar-refractivity contribution < 1.29 is 0 Å². The Morgan fingerprint density at radius 1 is 0.714 bits per heavy atom. The molecule has 0 aliphatic heterocycles. The van der Waals surface area contributed by atoms with Crippen LogP contribution in [0.3, 0.4) is 0 Å². The second kappa shape index (κ2) is 5.75. The number of hydrogen-bond donors (Lipinski definition) is 2. The van der Waals surface area contributed by atoms with E-state index in [-0.39, 0.29) is 28.4 Å². The largest absolute Gasteiger partial charge is 0.355 e. The third-order valence-corrected chi connectivity index (χ3v) is 5.02. The number of nitrogens with one attached hydrogen (secondary N) is 2. The van der Waals surface area contributed by atoms with Crippen LogP contribution in [0.1, 0.15) is 5.56 Å². The highest BCUT2D eigenvalue weighted by Gasteiger charge is 2.22. The van der Waals surface area contributed by atoms with Crippen LogP contribution in [0.5, 0.6) is 0 Å². The molecule has 2 N–H and O–H groups in total. The van der Waals surface area contributed by atoms with Crippen LogP contribution < -0.4 is 22.0 Å². The molecule has 2 heterocycles. The van der Waals surface area contributed by atoms with Gasteiger partial charge in [0.2, 0.25) is 10.9 Å². The van der Waals surface area contributed by atoms with Gasteiger partial charge >= 0.3 is 0 Å². The number of nitrogens with zero attached hydrogens (tertiary/aromatic N) is 1. The zero-order valence-corrected chi connectivity index (χ0v) is 14.5. The van der Waals surface area contributed by atoms with Crippen LogP contribution in [0.15, 0.2) is 74.0 Å². The van der Waals surface area contributed by atoms with Crippen molar-refractivity contribution in [2.45, 2.75) is 6.54 Å². The summed E-state index contributed by atoms with van der Waals surface area (Å²) in [6.07, 6.45) is 2.90. The predicted octanol–water partition coefficient (Wildman–Crippen LogP) is 1.53. The van der Waals surface area contributed by atoms with Crippen molar-refractivity contribution in [3.05, 3.63) is 102 Å². The molecule has 0 radical (unpaired) electrons. The summed E-state index contributed by atoms with van der Waals surface area (Å²) in [5.74, 6) is 0. The lowest BCUT2D eigenvalue weighted by molar-refractivity contribution is 0.755. The van der Waals surface area contributed by atoms with Gasteiger partial charge in [0, 0.05) is 12.4 Å². The van der Waals surface area contributed by atoms with Crippen LogP contribution in [-0.2, 0) is 6.54 Å². The lowest BCUT2D eigenvalue weighted by atomic mass is 10.1. The van der Waals surface area contributed by atoms with E-state index in [1.807, 2.05) is 42.5 Å². The van der Waals surface area contributed by atoms with Gasteiger partial charge in [0.1, 0.15) is 21.8 Å². The van der Waals surface area contributed by atoms with E-state index in [1.54, 1.807) is 0 Å². The van der Waals surface area contributed by atoms with E-state index in [4.69, 9.17) is 0 Å². The molecule has 7 nitrogen and oxygen atoms in total. The molecule has 0 saturated heterocycles. The van der Waals surface area contributed by atoms with E-state index < -0.39 is 22.0 Å². The van der Waals surface area contributed by atoms with E-state index in [1.165, 1.54) is 12.4 Å². The standard InChI is InChI=1S/C21H13N3O4/c25-18-14-15(19(26)17-16(18)22-7-8-23-17)21(28)24(20(14)27)10-11-5-6-12-3-1-2-4-13(12)9-11/h1-9,22-23H,10H2. The number of hydrogen-bond acceptors (Lipinski definition) is 4. The number of rotatable bonds is 2. The highest BCUT2D eigenvalue weighted by Crippen LogP contribution is 2.16. The number of fused-ring (bicyclic) bond motifs is 3. The van der Waals surface area contributed by atoms with Gasteiger partial charge in [-0.2, -0.15) is 0 Å². The van der Waals surface area contributed by atoms with Gasteiger partial charge in [-0.15, -0.1) is 0 Å². The molecule has 0 amide bonds. The van der Waals surface area contributed by atoms with Gasteiger partial charge in [-0.1, -0.05) is 36.4 Å². The minimum Gasteiger partial charge on any atom is -0.355 e. The molecular formula is C21H13N3O4. The molecule has 3 aromatic carbocycles. The monoisotopic (exact) mass is 371 g/mol. The molecule has 0 aliphatic rings. The first-order chi connectivity index (χ1) is 13.6. The predicted molar refractivity (Wildman–Crippen MR) is 107 cm³/mol. The zero-order chi connectivity index (χ0) is 19.4. The quantitative estimate of drug-likeness (QED) is 0.491. The van der Waals surface area contributed by atoms with Crippen molar-refractivity contribution in [1.29, 1.82) is 0 Å². The summed E-state index contributed by atoms with van der Waals surface area (Å²) in [5, 5.41) is 1.29. The lowest BCUT2D eigenvalue weighted by Crippen LogP contribution is -2.27. The lowest BCUT2D eigenvalue weighted by Gasteiger charge is -2.03. The molecule has 0 atom stereocenters. The third-order valence-electron chi connectivity index (χ3n) is 5.02. The topological polar surface area (TPSA) is 105 Å². The van der Waals surface area contributed by atoms with E-state index in [2.05, 4.69) is 9.97 Å². The molecule has 0 bridgehead atoms. The van der Waals surface area contributed by atoms with E-state index in [9.17, 15) is 19.2 Å². The molecular weight excluding hydrogens is 358 g/mol. The number of aromatic nitrogens is 3. The summed E-state index contributed by atoms with van der Waals surface area (Å²) in [6, 6.07) is 13.3. The van der Waals surface area contributed by atoms with Gasteiger partial charge in [0.05, 0.1) is 6.54 Å². The minimum absolute atomic E-state index is 0.0139. The summed E-state index contributed by atoms with van der Waals surface area (Å²) in [4.78, 5) is 56.5. The summed E-state index contributed by atoms with van der Waals surface area (Å²) >= 11 is 0. The Kier molecular flexibility index (Phi) is 3.33. The van der Waals surface area contributed by atoms with Crippen molar-refractivity contribution in [1.82, 2.24) is 14.5 Å². The van der Waals surface area contributed by atoms with Crippen molar-refractivity contribution in [2.75, 3.05) is 0 Å². The summed E-state index contributed by atoms with van der Waals surface area (Å²) in [5.41, 5.74) is -2.08. The summed E-state index contributed by atoms with van der Waals surface area (Å²) in [6.45, 7) is -0.0141. The molecule has 0 spiro atoms. The fourth-order valence-corrected chi connectivity index (χ4v) is 3.66. The molecule has 5 aromatic rings. The Morgan fingerprint density at radius 2 is 1.29 bits per heavy atom. The van der Waals surface area contributed by atoms with Crippen molar-refractivity contribution in [2.24, 2.45) is 0 Å². The highest BCUT2D eigenvalue weighted by atomic mass is 16.2. The van der Waals surface area contributed by atoms with Gasteiger partial charge in [0.25, 0.3) is 11.1 Å². The van der Waals surface area contributed by atoms with E-state index in [0.29, 0.717) is 0 Å². The minimum atomic E-state index is -0.741. The molecule has 28 heavy (non-hydrogen) atoms. The molecule has 0 unspecified atom stereocenters. The maximum absolute atomic E-state index is 12.8. The first-order valence-electron chi connectivity index (χ1n) is 8.66. The normalized spacial score (nSPS) is 11.6. The van der Waals surface area contributed by atoms with Gasteiger partial charge in [-0.05, 0) is 22.4 Å². The SMILES string of the molecule is O=c1c2[nH]cc[nH]c2c(=O)c2c(=O)n(Cc3ccc4ccccc4c3)c(=O)c12. The van der Waals surface area contributed by atoms with Gasteiger partial charge in [-0.25, -0.2) is 0 Å². The van der Waals surface area contributed by atoms with E-state index in [0.717, 1.165) is 20.9 Å². The zero-order valence-electron chi connectivity index (χ0n) is 14.5. The molecule has 0 fully saturated rings. The first kappa shape index (κ1) is 16.2. The molecule has 5 rings (SSSR count). The van der Waals surface area contributed by atoms with Gasteiger partial charge < -0.3 is 9.97 Å². The van der Waals surface area contributed by atoms with Crippen LogP contribution >= 0.6 is 0 Å². The van der Waals surface area contributed by atoms with Crippen LogP contribution in [0, 0.1) is 0 Å². The van der Waals surface area contributed by atoms with Gasteiger partial charge in [-0.3, -0.25) is 23.7 Å². The maximum atomic E-state index is 12.8.